The van der Waals surface area contributed by atoms with Crippen LogP contribution in [0.25, 0.3) is 10.2 Å². The second-order valence-electron chi connectivity index (χ2n) is 6.50. The lowest BCUT2D eigenvalue weighted by Gasteiger charge is -2.27. The maximum atomic E-state index is 12.8. The zero-order valence-electron chi connectivity index (χ0n) is 13.8. The van der Waals surface area contributed by atoms with Gasteiger partial charge in [-0.1, -0.05) is 47.5 Å². The molecule has 1 amide bonds. The maximum Gasteiger partial charge on any atom is 0.268 e. The molecule has 4 rings (SSSR count). The Bertz CT molecular complexity index is 963. The van der Waals surface area contributed by atoms with Gasteiger partial charge in [-0.2, -0.15) is 0 Å². The predicted octanol–water partition coefficient (Wildman–Crippen LogP) is 4.49. The first kappa shape index (κ1) is 16.9. The van der Waals surface area contributed by atoms with Gasteiger partial charge in [-0.3, -0.25) is 4.79 Å². The van der Waals surface area contributed by atoms with Gasteiger partial charge in [-0.15, -0.1) is 11.3 Å². The SMILES string of the molecule is CN(C)[C@@H]1c2ccccc2C[C@H]1NC(=O)c1cc2sc(Cl)c(Cl)c2[nH]1. The van der Waals surface area contributed by atoms with E-state index in [1.807, 2.05) is 26.2 Å². The van der Waals surface area contributed by atoms with Gasteiger partial charge in [0.15, 0.2) is 0 Å². The molecule has 1 aromatic carbocycles. The van der Waals surface area contributed by atoms with E-state index < -0.39 is 0 Å². The van der Waals surface area contributed by atoms with Gasteiger partial charge in [-0.25, -0.2) is 0 Å². The molecule has 2 heterocycles. The van der Waals surface area contributed by atoms with E-state index in [2.05, 4.69) is 27.3 Å². The van der Waals surface area contributed by atoms with Crippen molar-refractivity contribution in [3.05, 3.63) is 56.5 Å². The highest BCUT2D eigenvalue weighted by atomic mass is 35.5. The Balaban J connectivity index is 1.59. The Hall–Kier alpha value is -1.53. The largest absolute Gasteiger partial charge is 0.349 e. The third kappa shape index (κ3) is 2.85. The van der Waals surface area contributed by atoms with Gasteiger partial charge in [0.1, 0.15) is 10.0 Å². The van der Waals surface area contributed by atoms with E-state index in [1.54, 1.807) is 6.07 Å². The highest BCUT2D eigenvalue weighted by Crippen LogP contribution is 2.39. The van der Waals surface area contributed by atoms with E-state index in [9.17, 15) is 4.79 Å². The number of aromatic nitrogens is 1. The molecule has 3 aromatic rings. The number of aromatic amines is 1. The number of thiophene rings is 1. The highest BCUT2D eigenvalue weighted by molar-refractivity contribution is 7.23. The van der Waals surface area contributed by atoms with Crippen LogP contribution in [0.1, 0.15) is 27.7 Å². The summed E-state index contributed by atoms with van der Waals surface area (Å²) in [4.78, 5) is 18.0. The Kier molecular flexibility index (Phi) is 4.28. The number of nitrogens with zero attached hydrogens (tertiary/aromatic N) is 1. The molecule has 1 aliphatic carbocycles. The van der Waals surface area contributed by atoms with Crippen LogP contribution in [0.4, 0.5) is 0 Å². The molecule has 0 spiro atoms. The third-order valence-electron chi connectivity index (χ3n) is 4.69. The molecule has 0 aliphatic heterocycles. The number of halogens is 2. The Labute approximate surface area is 159 Å². The molecule has 130 valence electrons. The standard InChI is InChI=1S/C18H17Cl2N3OS/c1-23(2)16-10-6-4-3-5-9(10)7-11(16)22-18(24)12-8-13-15(21-12)14(19)17(20)25-13/h3-6,8,11,16,21H,7H2,1-2H3,(H,22,24)/t11-,16-/m1/s1. The van der Waals surface area contributed by atoms with Crippen molar-refractivity contribution in [2.45, 2.75) is 18.5 Å². The van der Waals surface area contributed by atoms with E-state index in [1.165, 1.54) is 22.5 Å². The Morgan fingerprint density at radius 2 is 2.08 bits per heavy atom. The van der Waals surface area contributed by atoms with Crippen LogP contribution >= 0.6 is 34.5 Å². The van der Waals surface area contributed by atoms with Crippen molar-refractivity contribution in [2.24, 2.45) is 0 Å². The van der Waals surface area contributed by atoms with Gasteiger partial charge in [0, 0.05) is 0 Å². The first-order valence-corrected chi connectivity index (χ1v) is 9.54. The van der Waals surface area contributed by atoms with Gasteiger partial charge >= 0.3 is 0 Å². The van der Waals surface area contributed by atoms with E-state index >= 15 is 0 Å². The van der Waals surface area contributed by atoms with Crippen molar-refractivity contribution in [3.8, 4) is 0 Å². The molecule has 25 heavy (non-hydrogen) atoms. The van der Waals surface area contributed by atoms with Crippen molar-refractivity contribution >= 4 is 50.7 Å². The smallest absolute Gasteiger partial charge is 0.268 e. The molecular formula is C18H17Cl2N3OS. The molecule has 0 bridgehead atoms. The number of likely N-dealkylation sites (N-methyl/N-ethyl adjacent to an activating group) is 1. The Morgan fingerprint density at radius 1 is 1.32 bits per heavy atom. The number of carbonyl (C=O) groups excluding carboxylic acids is 1. The fraction of sp³-hybridized carbons (Fsp3) is 0.278. The summed E-state index contributed by atoms with van der Waals surface area (Å²) in [5.74, 6) is -0.125. The summed E-state index contributed by atoms with van der Waals surface area (Å²) < 4.78 is 1.42. The fourth-order valence-electron chi connectivity index (χ4n) is 3.63. The summed E-state index contributed by atoms with van der Waals surface area (Å²) in [7, 11) is 4.08. The molecule has 0 radical (unpaired) electrons. The summed E-state index contributed by atoms with van der Waals surface area (Å²) in [6.07, 6.45) is 0.826. The lowest BCUT2D eigenvalue weighted by Crippen LogP contribution is -2.42. The second-order valence-corrected chi connectivity index (χ2v) is 8.54. The number of nitrogens with one attached hydrogen (secondary N) is 2. The molecule has 0 saturated carbocycles. The van der Waals surface area contributed by atoms with Crippen molar-refractivity contribution in [1.82, 2.24) is 15.2 Å². The number of fused-ring (bicyclic) bond motifs is 2. The summed E-state index contributed by atoms with van der Waals surface area (Å²) in [5.41, 5.74) is 3.79. The Morgan fingerprint density at radius 3 is 2.80 bits per heavy atom. The lowest BCUT2D eigenvalue weighted by molar-refractivity contribution is 0.0911. The van der Waals surface area contributed by atoms with Crippen LogP contribution in [-0.2, 0) is 6.42 Å². The summed E-state index contributed by atoms with van der Waals surface area (Å²) >= 11 is 13.6. The van der Waals surface area contributed by atoms with Crippen molar-refractivity contribution < 1.29 is 4.79 Å². The van der Waals surface area contributed by atoms with E-state index in [0.717, 1.165) is 16.6 Å². The number of benzene rings is 1. The van der Waals surface area contributed by atoms with Gasteiger partial charge < -0.3 is 15.2 Å². The van der Waals surface area contributed by atoms with Crippen molar-refractivity contribution in [2.75, 3.05) is 14.1 Å². The third-order valence-corrected chi connectivity index (χ3v) is 6.62. The van der Waals surface area contributed by atoms with Crippen molar-refractivity contribution in [3.63, 3.8) is 0 Å². The minimum atomic E-state index is -0.125. The molecule has 2 N–H and O–H groups in total. The van der Waals surface area contributed by atoms with Crippen LogP contribution in [-0.4, -0.2) is 35.9 Å². The summed E-state index contributed by atoms with van der Waals surface area (Å²) in [5, 5.41) is 3.65. The zero-order chi connectivity index (χ0) is 17.7. The van der Waals surface area contributed by atoms with Crippen LogP contribution in [0.15, 0.2) is 30.3 Å². The van der Waals surface area contributed by atoms with Crippen molar-refractivity contribution in [1.29, 1.82) is 0 Å². The minimum absolute atomic E-state index is 0.0281. The van der Waals surface area contributed by atoms with Gasteiger partial charge in [0.25, 0.3) is 5.91 Å². The van der Waals surface area contributed by atoms with Crippen LogP contribution < -0.4 is 5.32 Å². The van der Waals surface area contributed by atoms with Gasteiger partial charge in [0.2, 0.25) is 0 Å². The number of hydrogen-bond donors (Lipinski definition) is 2. The molecule has 0 unspecified atom stereocenters. The number of rotatable bonds is 3. The normalized spacial score (nSPS) is 19.6. The lowest BCUT2D eigenvalue weighted by atomic mass is 10.1. The first-order valence-electron chi connectivity index (χ1n) is 7.97. The molecule has 7 heteroatoms. The van der Waals surface area contributed by atoms with E-state index in [4.69, 9.17) is 23.2 Å². The summed E-state index contributed by atoms with van der Waals surface area (Å²) in [6.45, 7) is 0. The van der Waals surface area contributed by atoms with Crippen LogP contribution in [0.3, 0.4) is 0 Å². The van der Waals surface area contributed by atoms with E-state index in [-0.39, 0.29) is 18.0 Å². The molecule has 2 aromatic heterocycles. The molecule has 1 aliphatic rings. The number of hydrogen-bond acceptors (Lipinski definition) is 3. The maximum absolute atomic E-state index is 12.8. The predicted molar refractivity (Wildman–Crippen MR) is 104 cm³/mol. The molecular weight excluding hydrogens is 377 g/mol. The number of carbonyl (C=O) groups is 1. The number of amides is 1. The highest BCUT2D eigenvalue weighted by Gasteiger charge is 2.35. The molecule has 2 atom stereocenters. The topological polar surface area (TPSA) is 48.1 Å². The second kappa shape index (κ2) is 6.32. The van der Waals surface area contributed by atoms with Gasteiger partial charge in [0.05, 0.1) is 27.3 Å². The van der Waals surface area contributed by atoms with Crippen LogP contribution in [0.2, 0.25) is 9.36 Å². The van der Waals surface area contributed by atoms with E-state index in [0.29, 0.717) is 15.1 Å². The average Bonchev–Trinajstić information content (AvgIpc) is 3.21. The zero-order valence-corrected chi connectivity index (χ0v) is 16.1. The quantitative estimate of drug-likeness (QED) is 0.688. The summed E-state index contributed by atoms with van der Waals surface area (Å²) in [6, 6.07) is 10.3. The molecule has 0 fully saturated rings. The van der Waals surface area contributed by atoms with Crippen LogP contribution in [0.5, 0.6) is 0 Å². The van der Waals surface area contributed by atoms with Gasteiger partial charge in [-0.05, 0) is 37.7 Å². The number of H-pyrrole nitrogens is 1. The minimum Gasteiger partial charge on any atom is -0.349 e. The fourth-order valence-corrected chi connectivity index (χ4v) is 5.11. The first-order chi connectivity index (χ1) is 12.0. The molecule has 0 saturated heterocycles. The van der Waals surface area contributed by atoms with Crippen LogP contribution in [0, 0.1) is 0 Å². The monoisotopic (exact) mass is 393 g/mol. The molecule has 4 nitrogen and oxygen atoms in total. The average molecular weight is 394 g/mol.